The average molecular weight is 406 g/mol. The topological polar surface area (TPSA) is 87.6 Å². The molecule has 0 aliphatic carbocycles. The molecule has 0 saturated heterocycles. The fraction of sp³-hybridized carbons (Fsp3) is 0.217. The minimum Gasteiger partial charge on any atom is -0.466 e. The molecule has 0 spiro atoms. The number of nitrogens with zero attached hydrogens (tertiary/aromatic N) is 2. The number of benzene rings is 2. The Kier molecular flexibility index (Phi) is 6.54. The highest BCUT2D eigenvalue weighted by Gasteiger charge is 2.50. The van der Waals surface area contributed by atoms with Crippen molar-refractivity contribution in [1.29, 1.82) is 0 Å². The van der Waals surface area contributed by atoms with Crippen LogP contribution in [0.4, 0.5) is 0 Å². The Balaban J connectivity index is 2.22. The van der Waals surface area contributed by atoms with Crippen LogP contribution in [-0.2, 0) is 19.9 Å². The standard InChI is InChI=1S/C23H22N2O5/c1-16-14-19(15-26)25-22(24-16)30-20(21(27)28-2)23(29-3,17-10-6-4-7-11-17)18-12-8-5-9-13-18/h4-15,20H,1-3H3. The van der Waals surface area contributed by atoms with Crippen LogP contribution < -0.4 is 4.74 Å². The van der Waals surface area contributed by atoms with Gasteiger partial charge in [-0.05, 0) is 24.1 Å². The second-order valence-electron chi connectivity index (χ2n) is 6.53. The van der Waals surface area contributed by atoms with E-state index >= 15 is 0 Å². The quantitative estimate of drug-likeness (QED) is 0.420. The van der Waals surface area contributed by atoms with Gasteiger partial charge in [0, 0.05) is 12.8 Å². The third kappa shape index (κ3) is 4.06. The molecule has 154 valence electrons. The van der Waals surface area contributed by atoms with E-state index in [1.807, 2.05) is 60.7 Å². The number of esters is 1. The molecule has 2 aromatic carbocycles. The summed E-state index contributed by atoms with van der Waals surface area (Å²) < 4.78 is 17.0. The second kappa shape index (κ2) is 9.28. The van der Waals surface area contributed by atoms with Crippen LogP contribution >= 0.6 is 0 Å². The molecule has 0 N–H and O–H groups in total. The maximum Gasteiger partial charge on any atom is 0.351 e. The van der Waals surface area contributed by atoms with Crippen LogP contribution in [0, 0.1) is 6.92 Å². The van der Waals surface area contributed by atoms with Crippen molar-refractivity contribution in [3.8, 4) is 6.01 Å². The molecule has 0 fully saturated rings. The molecule has 0 saturated carbocycles. The first kappa shape index (κ1) is 21.1. The van der Waals surface area contributed by atoms with Crippen molar-refractivity contribution in [2.45, 2.75) is 18.6 Å². The summed E-state index contributed by atoms with van der Waals surface area (Å²) in [5.74, 6) is -0.678. The second-order valence-corrected chi connectivity index (χ2v) is 6.53. The van der Waals surface area contributed by atoms with Gasteiger partial charge in [0.1, 0.15) is 5.69 Å². The molecule has 1 atom stereocenters. The van der Waals surface area contributed by atoms with Crippen LogP contribution in [0.15, 0.2) is 66.7 Å². The normalized spacial score (nSPS) is 12.1. The lowest BCUT2D eigenvalue weighted by Crippen LogP contribution is -2.51. The number of aromatic nitrogens is 2. The Bertz CT molecular complexity index is 969. The van der Waals surface area contributed by atoms with E-state index < -0.39 is 17.7 Å². The Hall–Kier alpha value is -3.58. The molecular weight excluding hydrogens is 384 g/mol. The predicted molar refractivity (Wildman–Crippen MR) is 109 cm³/mol. The van der Waals surface area contributed by atoms with E-state index in [4.69, 9.17) is 14.2 Å². The van der Waals surface area contributed by atoms with Crippen LogP contribution in [0.3, 0.4) is 0 Å². The van der Waals surface area contributed by atoms with Gasteiger partial charge in [-0.1, -0.05) is 60.7 Å². The van der Waals surface area contributed by atoms with Gasteiger partial charge in [-0.3, -0.25) is 4.79 Å². The summed E-state index contributed by atoms with van der Waals surface area (Å²) in [6.07, 6.45) is -0.703. The van der Waals surface area contributed by atoms with Gasteiger partial charge >= 0.3 is 12.0 Å². The van der Waals surface area contributed by atoms with Crippen molar-refractivity contribution < 1.29 is 23.8 Å². The highest BCUT2D eigenvalue weighted by atomic mass is 16.6. The van der Waals surface area contributed by atoms with Gasteiger partial charge in [0.25, 0.3) is 0 Å². The lowest BCUT2D eigenvalue weighted by Gasteiger charge is -2.38. The molecule has 0 aliphatic rings. The largest absolute Gasteiger partial charge is 0.466 e. The van der Waals surface area contributed by atoms with Gasteiger partial charge in [-0.25, -0.2) is 9.78 Å². The summed E-state index contributed by atoms with van der Waals surface area (Å²) in [6, 6.07) is 19.8. The summed E-state index contributed by atoms with van der Waals surface area (Å²) in [4.78, 5) is 32.5. The number of aldehydes is 1. The van der Waals surface area contributed by atoms with Crippen molar-refractivity contribution in [3.05, 3.63) is 89.2 Å². The number of hydrogen-bond donors (Lipinski definition) is 0. The summed E-state index contributed by atoms with van der Waals surface area (Å²) in [7, 11) is 2.76. The zero-order valence-corrected chi connectivity index (χ0v) is 16.9. The first-order valence-electron chi connectivity index (χ1n) is 9.26. The molecule has 0 bridgehead atoms. The van der Waals surface area contributed by atoms with E-state index in [9.17, 15) is 9.59 Å². The van der Waals surface area contributed by atoms with E-state index in [0.717, 1.165) is 0 Å². The number of carbonyl (C=O) groups excluding carboxylic acids is 2. The molecule has 0 radical (unpaired) electrons. The fourth-order valence-corrected chi connectivity index (χ4v) is 3.37. The summed E-state index contributed by atoms with van der Waals surface area (Å²) in [6.45, 7) is 1.70. The SMILES string of the molecule is COC(=O)C(Oc1nc(C)cc(C=O)n1)C(OC)(c1ccccc1)c1ccccc1. The first-order chi connectivity index (χ1) is 14.5. The van der Waals surface area contributed by atoms with Crippen LogP contribution in [-0.4, -0.2) is 42.5 Å². The third-order valence-electron chi connectivity index (χ3n) is 4.71. The van der Waals surface area contributed by atoms with Crippen LogP contribution in [0.1, 0.15) is 27.3 Å². The summed E-state index contributed by atoms with van der Waals surface area (Å²) in [5.41, 5.74) is 0.663. The third-order valence-corrected chi connectivity index (χ3v) is 4.71. The Morgan fingerprint density at radius 3 is 2.00 bits per heavy atom. The molecule has 3 aromatic rings. The van der Waals surface area contributed by atoms with Gasteiger partial charge in [0.2, 0.25) is 6.10 Å². The molecule has 0 aliphatic heterocycles. The zero-order chi connectivity index (χ0) is 21.6. The van der Waals surface area contributed by atoms with E-state index in [1.165, 1.54) is 20.3 Å². The van der Waals surface area contributed by atoms with Crippen molar-refractivity contribution in [2.24, 2.45) is 0 Å². The van der Waals surface area contributed by atoms with E-state index in [0.29, 0.717) is 23.1 Å². The van der Waals surface area contributed by atoms with E-state index in [2.05, 4.69) is 9.97 Å². The van der Waals surface area contributed by atoms with Gasteiger partial charge in [-0.2, -0.15) is 4.98 Å². The van der Waals surface area contributed by atoms with E-state index in [1.54, 1.807) is 6.92 Å². The number of aryl methyl sites for hydroxylation is 1. The number of hydrogen-bond acceptors (Lipinski definition) is 7. The first-order valence-corrected chi connectivity index (χ1v) is 9.26. The number of carbonyl (C=O) groups is 2. The number of rotatable bonds is 8. The molecule has 7 nitrogen and oxygen atoms in total. The Morgan fingerprint density at radius 2 is 1.53 bits per heavy atom. The highest BCUT2D eigenvalue weighted by Crippen LogP contribution is 2.38. The minimum atomic E-state index is -1.36. The maximum absolute atomic E-state index is 13.0. The number of ether oxygens (including phenoxy) is 3. The Labute approximate surface area is 174 Å². The van der Waals surface area contributed by atoms with Crippen LogP contribution in [0.25, 0.3) is 0 Å². The molecule has 7 heteroatoms. The van der Waals surface area contributed by atoms with Crippen LogP contribution in [0.5, 0.6) is 6.01 Å². The fourth-order valence-electron chi connectivity index (χ4n) is 3.37. The van der Waals surface area contributed by atoms with Gasteiger partial charge in [0.15, 0.2) is 11.9 Å². The molecule has 0 amide bonds. The predicted octanol–water partition coefficient (Wildman–Crippen LogP) is 3.11. The van der Waals surface area contributed by atoms with Gasteiger partial charge < -0.3 is 14.2 Å². The zero-order valence-electron chi connectivity index (χ0n) is 16.9. The van der Waals surface area contributed by atoms with Gasteiger partial charge in [-0.15, -0.1) is 0 Å². The summed E-state index contributed by atoms with van der Waals surface area (Å²) in [5, 5.41) is 0. The van der Waals surface area contributed by atoms with Crippen molar-refractivity contribution in [1.82, 2.24) is 9.97 Å². The van der Waals surface area contributed by atoms with Gasteiger partial charge in [0.05, 0.1) is 7.11 Å². The lowest BCUT2D eigenvalue weighted by atomic mass is 9.81. The minimum absolute atomic E-state index is 0.124. The Morgan fingerprint density at radius 1 is 0.967 bits per heavy atom. The smallest absolute Gasteiger partial charge is 0.351 e. The van der Waals surface area contributed by atoms with E-state index in [-0.39, 0.29) is 11.7 Å². The monoisotopic (exact) mass is 406 g/mol. The molecule has 1 heterocycles. The average Bonchev–Trinajstić information content (AvgIpc) is 2.79. The molecule has 30 heavy (non-hydrogen) atoms. The van der Waals surface area contributed by atoms with Crippen molar-refractivity contribution in [3.63, 3.8) is 0 Å². The summed E-state index contributed by atoms with van der Waals surface area (Å²) >= 11 is 0. The molecule has 1 aromatic heterocycles. The van der Waals surface area contributed by atoms with Crippen molar-refractivity contribution >= 4 is 12.3 Å². The van der Waals surface area contributed by atoms with Crippen LogP contribution in [0.2, 0.25) is 0 Å². The lowest BCUT2D eigenvalue weighted by molar-refractivity contribution is -0.164. The molecular formula is C23H22N2O5. The number of methoxy groups -OCH3 is 2. The maximum atomic E-state index is 13.0. The van der Waals surface area contributed by atoms with Crippen molar-refractivity contribution in [2.75, 3.05) is 14.2 Å². The molecule has 3 rings (SSSR count). The highest BCUT2D eigenvalue weighted by molar-refractivity contribution is 5.78. The molecule has 1 unspecified atom stereocenters.